The lowest BCUT2D eigenvalue weighted by molar-refractivity contribution is -0.122. The number of hydrogen-bond acceptors (Lipinski definition) is 2. The van der Waals surface area contributed by atoms with Crippen LogP contribution in [0.4, 0.5) is 14.5 Å². The van der Waals surface area contributed by atoms with Crippen molar-refractivity contribution in [3.63, 3.8) is 0 Å². The van der Waals surface area contributed by atoms with Crippen molar-refractivity contribution in [2.24, 2.45) is 0 Å². The zero-order valence-electron chi connectivity index (χ0n) is 11.1. The van der Waals surface area contributed by atoms with E-state index in [-0.39, 0.29) is 10.7 Å². The van der Waals surface area contributed by atoms with Crippen molar-refractivity contribution in [1.82, 2.24) is 0 Å². The fourth-order valence-electron chi connectivity index (χ4n) is 1.60. The minimum Gasteiger partial charge on any atom is -0.481 e. The van der Waals surface area contributed by atoms with Crippen LogP contribution in [0.15, 0.2) is 42.5 Å². The Bertz CT molecular complexity index is 647. The van der Waals surface area contributed by atoms with Gasteiger partial charge in [0.15, 0.2) is 6.10 Å². The topological polar surface area (TPSA) is 38.3 Å². The Morgan fingerprint density at radius 3 is 2.48 bits per heavy atom. The molecule has 0 saturated carbocycles. The van der Waals surface area contributed by atoms with E-state index in [1.165, 1.54) is 43.3 Å². The predicted molar refractivity (Wildman–Crippen MR) is 76.5 cm³/mol. The van der Waals surface area contributed by atoms with Gasteiger partial charge in [-0.15, -0.1) is 0 Å². The molecule has 1 N–H and O–H groups in total. The maximum Gasteiger partial charge on any atom is 0.265 e. The van der Waals surface area contributed by atoms with E-state index in [1.807, 2.05) is 0 Å². The second-order valence-corrected chi connectivity index (χ2v) is 4.76. The van der Waals surface area contributed by atoms with E-state index in [0.29, 0.717) is 5.75 Å². The molecule has 21 heavy (non-hydrogen) atoms. The summed E-state index contributed by atoms with van der Waals surface area (Å²) >= 11 is 5.63. The number of nitrogens with one attached hydrogen (secondary N) is 1. The zero-order valence-corrected chi connectivity index (χ0v) is 11.8. The van der Waals surface area contributed by atoms with Crippen LogP contribution >= 0.6 is 11.6 Å². The number of halogens is 3. The predicted octanol–water partition coefficient (Wildman–Crippen LogP) is 4.02. The number of amides is 1. The molecule has 2 rings (SSSR count). The summed E-state index contributed by atoms with van der Waals surface area (Å²) in [5.41, 5.74) is 0.0129. The van der Waals surface area contributed by atoms with Gasteiger partial charge in [0, 0.05) is 5.02 Å². The van der Waals surface area contributed by atoms with Gasteiger partial charge in [0.05, 0.1) is 5.69 Å². The minimum atomic E-state index is -0.870. The zero-order chi connectivity index (χ0) is 15.4. The van der Waals surface area contributed by atoms with Gasteiger partial charge in [0.25, 0.3) is 5.91 Å². The van der Waals surface area contributed by atoms with Crippen molar-refractivity contribution >= 4 is 23.2 Å². The van der Waals surface area contributed by atoms with Crippen molar-refractivity contribution in [3.05, 3.63) is 59.1 Å². The van der Waals surface area contributed by atoms with Crippen LogP contribution in [0.1, 0.15) is 6.92 Å². The number of ether oxygens (including phenoxy) is 1. The smallest absolute Gasteiger partial charge is 0.265 e. The van der Waals surface area contributed by atoms with Gasteiger partial charge in [-0.1, -0.05) is 11.6 Å². The van der Waals surface area contributed by atoms with Crippen LogP contribution in [-0.2, 0) is 4.79 Å². The summed E-state index contributed by atoms with van der Waals surface area (Å²) < 4.78 is 31.7. The highest BCUT2D eigenvalue weighted by Crippen LogP contribution is 2.19. The molecular formula is C15H12ClF2NO2. The molecule has 0 bridgehead atoms. The molecule has 1 amide bonds. The fourth-order valence-corrected chi connectivity index (χ4v) is 1.75. The third-order valence-corrected chi connectivity index (χ3v) is 2.92. The summed E-state index contributed by atoms with van der Waals surface area (Å²) in [4.78, 5) is 11.9. The fraction of sp³-hybridized carbons (Fsp3) is 0.133. The average Bonchev–Trinajstić information content (AvgIpc) is 2.44. The summed E-state index contributed by atoms with van der Waals surface area (Å²) in [5, 5.41) is 2.63. The van der Waals surface area contributed by atoms with Gasteiger partial charge in [-0.2, -0.15) is 0 Å². The summed E-state index contributed by atoms with van der Waals surface area (Å²) in [6.07, 6.45) is -0.870. The number of anilines is 1. The molecule has 0 aliphatic rings. The SMILES string of the molecule is C[C@@H](Oc1ccc(F)cc1)C(=O)Nc1ccc(Cl)cc1F. The number of carbonyl (C=O) groups excluding carboxylic acids is 1. The maximum absolute atomic E-state index is 13.6. The molecular weight excluding hydrogens is 300 g/mol. The molecule has 0 aromatic heterocycles. The molecule has 0 fully saturated rings. The molecule has 1 atom stereocenters. The van der Waals surface area contributed by atoms with Crippen LogP contribution in [0.3, 0.4) is 0 Å². The number of hydrogen-bond donors (Lipinski definition) is 1. The van der Waals surface area contributed by atoms with E-state index in [0.717, 1.165) is 6.07 Å². The van der Waals surface area contributed by atoms with Gasteiger partial charge in [-0.25, -0.2) is 8.78 Å². The van der Waals surface area contributed by atoms with Crippen molar-refractivity contribution < 1.29 is 18.3 Å². The monoisotopic (exact) mass is 311 g/mol. The van der Waals surface area contributed by atoms with E-state index < -0.39 is 23.6 Å². The van der Waals surface area contributed by atoms with Gasteiger partial charge in [-0.05, 0) is 49.4 Å². The molecule has 2 aromatic carbocycles. The number of carbonyl (C=O) groups is 1. The lowest BCUT2D eigenvalue weighted by Gasteiger charge is -2.15. The first-order chi connectivity index (χ1) is 9.95. The Morgan fingerprint density at radius 1 is 1.19 bits per heavy atom. The van der Waals surface area contributed by atoms with Gasteiger partial charge >= 0.3 is 0 Å². The Balaban J connectivity index is 2.00. The molecule has 0 radical (unpaired) electrons. The Hall–Kier alpha value is -2.14. The summed E-state index contributed by atoms with van der Waals surface area (Å²) in [5.74, 6) is -1.22. The molecule has 0 spiro atoms. The first kappa shape index (κ1) is 15.3. The first-order valence-corrected chi connectivity index (χ1v) is 6.51. The molecule has 0 saturated heterocycles. The first-order valence-electron chi connectivity index (χ1n) is 6.14. The van der Waals surface area contributed by atoms with Crippen molar-refractivity contribution in [1.29, 1.82) is 0 Å². The molecule has 110 valence electrons. The largest absolute Gasteiger partial charge is 0.481 e. The van der Waals surface area contributed by atoms with E-state index in [4.69, 9.17) is 16.3 Å². The average molecular weight is 312 g/mol. The second-order valence-electron chi connectivity index (χ2n) is 4.33. The standard InChI is InChI=1S/C15H12ClF2NO2/c1-9(21-12-5-3-11(17)4-6-12)15(20)19-14-7-2-10(16)8-13(14)18/h2-9H,1H3,(H,19,20)/t9-/m1/s1. The van der Waals surface area contributed by atoms with Crippen molar-refractivity contribution in [2.75, 3.05) is 5.32 Å². The quantitative estimate of drug-likeness (QED) is 0.926. The van der Waals surface area contributed by atoms with Crippen LogP contribution in [0.25, 0.3) is 0 Å². The van der Waals surface area contributed by atoms with Crippen LogP contribution in [0, 0.1) is 11.6 Å². The lowest BCUT2D eigenvalue weighted by atomic mass is 10.2. The maximum atomic E-state index is 13.6. The van der Waals surface area contributed by atoms with Gasteiger partial charge < -0.3 is 10.1 Å². The molecule has 3 nitrogen and oxygen atoms in total. The number of rotatable bonds is 4. The molecule has 2 aromatic rings. The highest BCUT2D eigenvalue weighted by Gasteiger charge is 2.16. The van der Waals surface area contributed by atoms with Gasteiger partial charge in [0.1, 0.15) is 17.4 Å². The molecule has 0 aliphatic carbocycles. The van der Waals surface area contributed by atoms with Crippen LogP contribution < -0.4 is 10.1 Å². The lowest BCUT2D eigenvalue weighted by Crippen LogP contribution is -2.30. The molecule has 6 heteroatoms. The second kappa shape index (κ2) is 6.54. The Morgan fingerprint density at radius 2 is 1.86 bits per heavy atom. The van der Waals surface area contributed by atoms with Crippen molar-refractivity contribution in [3.8, 4) is 5.75 Å². The highest BCUT2D eigenvalue weighted by atomic mass is 35.5. The van der Waals surface area contributed by atoms with Crippen LogP contribution in [0.2, 0.25) is 5.02 Å². The summed E-state index contributed by atoms with van der Waals surface area (Å²) in [6.45, 7) is 1.51. The normalized spacial score (nSPS) is 11.8. The van der Waals surface area contributed by atoms with Crippen LogP contribution in [-0.4, -0.2) is 12.0 Å². The molecule has 0 heterocycles. The van der Waals surface area contributed by atoms with Crippen molar-refractivity contribution in [2.45, 2.75) is 13.0 Å². The van der Waals surface area contributed by atoms with Gasteiger partial charge in [0.2, 0.25) is 0 Å². The van der Waals surface area contributed by atoms with E-state index in [2.05, 4.69) is 5.32 Å². The number of benzene rings is 2. The van der Waals surface area contributed by atoms with Crippen LogP contribution in [0.5, 0.6) is 5.75 Å². The Labute approximate surface area is 125 Å². The van der Waals surface area contributed by atoms with E-state index in [1.54, 1.807) is 0 Å². The minimum absolute atomic E-state index is 0.0129. The summed E-state index contributed by atoms with van der Waals surface area (Å²) in [7, 11) is 0. The third kappa shape index (κ3) is 4.16. The Kier molecular flexibility index (Phi) is 4.75. The molecule has 0 aliphatic heterocycles. The van der Waals surface area contributed by atoms with Gasteiger partial charge in [-0.3, -0.25) is 4.79 Å². The highest BCUT2D eigenvalue weighted by molar-refractivity contribution is 6.30. The van der Waals surface area contributed by atoms with E-state index >= 15 is 0 Å². The molecule has 0 unspecified atom stereocenters. The third-order valence-electron chi connectivity index (χ3n) is 2.68. The van der Waals surface area contributed by atoms with E-state index in [9.17, 15) is 13.6 Å². The summed E-state index contributed by atoms with van der Waals surface area (Å²) in [6, 6.07) is 9.18.